The Hall–Kier alpha value is -5.36. The molecular weight excluding hydrogens is 707 g/mol. The molecule has 0 unspecified atom stereocenters. The molecule has 4 N–H and O–H groups in total. The summed E-state index contributed by atoms with van der Waals surface area (Å²) in [6.07, 6.45) is -0.862. The van der Waals surface area contributed by atoms with Crippen molar-refractivity contribution in [3.05, 3.63) is 167 Å². The molecule has 1 fully saturated rings. The number of nitrogens with zero attached hydrogens (tertiary/aromatic N) is 1. The molecule has 0 bridgehead atoms. The van der Waals surface area contributed by atoms with E-state index in [-0.39, 0.29) is 31.4 Å². The number of carbonyl (C=O) groups excluding carboxylic acids is 2. The third-order valence-corrected chi connectivity index (χ3v) is 10.3. The number of amides is 2. The van der Waals surface area contributed by atoms with Gasteiger partial charge in [0.05, 0.1) is 32.0 Å². The lowest BCUT2D eigenvalue weighted by Gasteiger charge is -2.39. The van der Waals surface area contributed by atoms with Gasteiger partial charge in [0.15, 0.2) is 6.29 Å². The zero-order chi connectivity index (χ0) is 39.4. The van der Waals surface area contributed by atoms with Crippen LogP contribution in [0.25, 0.3) is 11.1 Å². The lowest BCUT2D eigenvalue weighted by Crippen LogP contribution is -2.47. The Labute approximate surface area is 329 Å². The standard InChI is InChI=1S/C46H51N3O7/c1-31(43(51)36-15-8-5-9-16-36)49(2)29-40-27-42(35-22-20-33(30-50)21-23-35)56-45(55-40)39-19-11-18-38(26-39)37-17-10-14-34(24-37)28-47-46(53)48-41(44(52)54-3)25-32-12-6-4-7-13-32/h4-24,26,31,40-43,45,50-51H,25,27-30H2,1-3H3,(H2,47,48,53)/t31-,40+,41-,42-,43-,45-/m0/s1. The number of urea groups is 1. The van der Waals surface area contributed by atoms with Crippen molar-refractivity contribution in [2.75, 3.05) is 20.7 Å². The normalized spacial score (nSPS) is 18.4. The van der Waals surface area contributed by atoms with Crippen LogP contribution in [0, 0.1) is 0 Å². The van der Waals surface area contributed by atoms with Crippen molar-refractivity contribution in [3.63, 3.8) is 0 Å². The van der Waals surface area contributed by atoms with E-state index in [9.17, 15) is 19.8 Å². The highest BCUT2D eigenvalue weighted by Gasteiger charge is 2.34. The fourth-order valence-corrected chi connectivity index (χ4v) is 6.99. The van der Waals surface area contributed by atoms with Gasteiger partial charge in [-0.3, -0.25) is 4.90 Å². The Bertz CT molecular complexity index is 2010. The van der Waals surface area contributed by atoms with Crippen molar-refractivity contribution in [3.8, 4) is 11.1 Å². The first-order chi connectivity index (χ1) is 27.2. The molecule has 5 aromatic carbocycles. The largest absolute Gasteiger partial charge is 0.467 e. The first-order valence-electron chi connectivity index (χ1n) is 19.0. The zero-order valence-corrected chi connectivity index (χ0v) is 32.1. The van der Waals surface area contributed by atoms with Gasteiger partial charge >= 0.3 is 12.0 Å². The van der Waals surface area contributed by atoms with Crippen LogP contribution in [0.1, 0.15) is 65.2 Å². The van der Waals surface area contributed by atoms with Crippen LogP contribution in [0.5, 0.6) is 0 Å². The second kappa shape index (κ2) is 19.5. The summed E-state index contributed by atoms with van der Waals surface area (Å²) in [5.74, 6) is -0.516. The van der Waals surface area contributed by atoms with Crippen molar-refractivity contribution in [1.29, 1.82) is 0 Å². The molecule has 10 heteroatoms. The minimum absolute atomic E-state index is 0.0333. The van der Waals surface area contributed by atoms with Crippen molar-refractivity contribution in [1.82, 2.24) is 15.5 Å². The van der Waals surface area contributed by atoms with E-state index in [1.807, 2.05) is 141 Å². The van der Waals surface area contributed by atoms with Crippen LogP contribution >= 0.6 is 0 Å². The molecule has 0 aliphatic carbocycles. The number of ether oxygens (including phenoxy) is 3. The number of hydrogen-bond donors (Lipinski definition) is 4. The van der Waals surface area contributed by atoms with Gasteiger partial charge in [0.25, 0.3) is 0 Å². The maximum absolute atomic E-state index is 12.9. The summed E-state index contributed by atoms with van der Waals surface area (Å²) in [6, 6.07) is 41.5. The molecule has 1 saturated heterocycles. The molecule has 0 aromatic heterocycles. The van der Waals surface area contributed by atoms with Crippen LogP contribution in [0.4, 0.5) is 4.79 Å². The van der Waals surface area contributed by atoms with Gasteiger partial charge in [0.2, 0.25) is 0 Å². The maximum Gasteiger partial charge on any atom is 0.328 e. The monoisotopic (exact) mass is 757 g/mol. The lowest BCUT2D eigenvalue weighted by molar-refractivity contribution is -0.253. The zero-order valence-electron chi connectivity index (χ0n) is 32.1. The van der Waals surface area contributed by atoms with E-state index in [2.05, 4.69) is 21.6 Å². The number of likely N-dealkylation sites (N-methyl/N-ethyl adjacent to an activating group) is 1. The van der Waals surface area contributed by atoms with Crippen LogP contribution in [0.15, 0.2) is 133 Å². The molecule has 10 nitrogen and oxygen atoms in total. The molecule has 0 saturated carbocycles. The number of benzene rings is 5. The molecule has 1 heterocycles. The summed E-state index contributed by atoms with van der Waals surface area (Å²) in [6.45, 7) is 2.81. The molecule has 0 radical (unpaired) electrons. The summed E-state index contributed by atoms with van der Waals surface area (Å²) in [4.78, 5) is 27.5. The third-order valence-electron chi connectivity index (χ3n) is 10.3. The van der Waals surface area contributed by atoms with E-state index >= 15 is 0 Å². The predicted octanol–water partition coefficient (Wildman–Crippen LogP) is 7.03. The van der Waals surface area contributed by atoms with E-state index in [1.54, 1.807) is 0 Å². The number of aliphatic hydroxyl groups is 2. The maximum atomic E-state index is 12.9. The van der Waals surface area contributed by atoms with Crippen LogP contribution < -0.4 is 10.6 Å². The molecule has 1 aliphatic heterocycles. The Morgan fingerprint density at radius 3 is 2.16 bits per heavy atom. The molecule has 292 valence electrons. The van der Waals surface area contributed by atoms with E-state index in [4.69, 9.17) is 14.2 Å². The Morgan fingerprint density at radius 1 is 0.804 bits per heavy atom. The summed E-state index contributed by atoms with van der Waals surface area (Å²) < 4.78 is 18.3. The predicted molar refractivity (Wildman–Crippen MR) is 215 cm³/mol. The minimum Gasteiger partial charge on any atom is -0.467 e. The van der Waals surface area contributed by atoms with Crippen molar-refractivity contribution in [2.45, 2.75) is 69.6 Å². The van der Waals surface area contributed by atoms with E-state index < -0.39 is 30.4 Å². The third kappa shape index (κ3) is 10.7. The van der Waals surface area contributed by atoms with E-state index in [1.165, 1.54) is 7.11 Å². The van der Waals surface area contributed by atoms with Gasteiger partial charge in [-0.2, -0.15) is 0 Å². The first kappa shape index (κ1) is 40.3. The summed E-state index contributed by atoms with van der Waals surface area (Å²) in [7, 11) is 3.31. The second-order valence-corrected chi connectivity index (χ2v) is 14.3. The average molecular weight is 758 g/mol. The van der Waals surface area contributed by atoms with Crippen LogP contribution in [-0.2, 0) is 38.6 Å². The minimum atomic E-state index is -0.829. The van der Waals surface area contributed by atoms with Crippen LogP contribution in [-0.4, -0.2) is 66.0 Å². The van der Waals surface area contributed by atoms with Gasteiger partial charge in [-0.25, -0.2) is 9.59 Å². The quantitative estimate of drug-likeness (QED) is 0.0839. The summed E-state index contributed by atoms with van der Waals surface area (Å²) in [5, 5.41) is 26.4. The summed E-state index contributed by atoms with van der Waals surface area (Å²) in [5.41, 5.74) is 7.25. The lowest BCUT2D eigenvalue weighted by atomic mass is 9.97. The van der Waals surface area contributed by atoms with Crippen molar-refractivity contribution >= 4 is 12.0 Å². The highest BCUT2D eigenvalue weighted by Crippen LogP contribution is 2.39. The molecule has 56 heavy (non-hydrogen) atoms. The SMILES string of the molecule is COC(=O)[C@H](Cc1ccccc1)NC(=O)NCc1cccc(-c2cccc([C@H]3O[C@@H](CN(C)[C@@H](C)[C@H](O)c4ccccc4)C[C@@H](c4ccc(CO)cc4)O3)c2)c1. The average Bonchev–Trinajstić information content (AvgIpc) is 3.25. The van der Waals surface area contributed by atoms with Crippen molar-refractivity contribution < 1.29 is 34.0 Å². The van der Waals surface area contributed by atoms with Gasteiger partial charge < -0.3 is 35.1 Å². The van der Waals surface area contributed by atoms with Gasteiger partial charge in [0.1, 0.15) is 6.04 Å². The first-order valence-corrected chi connectivity index (χ1v) is 19.0. The Kier molecular flexibility index (Phi) is 14.0. The second-order valence-electron chi connectivity index (χ2n) is 14.3. The smallest absolute Gasteiger partial charge is 0.328 e. The molecule has 6 atom stereocenters. The van der Waals surface area contributed by atoms with Crippen molar-refractivity contribution in [2.24, 2.45) is 0 Å². The molecule has 6 rings (SSSR count). The highest BCUT2D eigenvalue weighted by molar-refractivity contribution is 5.83. The van der Waals surface area contributed by atoms with Gasteiger partial charge in [-0.1, -0.05) is 121 Å². The van der Waals surface area contributed by atoms with Crippen LogP contribution in [0.2, 0.25) is 0 Å². The number of esters is 1. The topological polar surface area (TPSA) is 130 Å². The number of carbonyl (C=O) groups is 2. The number of nitrogens with one attached hydrogen (secondary N) is 2. The van der Waals surface area contributed by atoms with Gasteiger partial charge in [-0.15, -0.1) is 0 Å². The van der Waals surface area contributed by atoms with E-state index in [0.29, 0.717) is 19.4 Å². The molecular formula is C46H51N3O7. The Balaban J connectivity index is 1.15. The number of aliphatic hydroxyl groups excluding tert-OH is 2. The number of methoxy groups -OCH3 is 1. The highest BCUT2D eigenvalue weighted by atomic mass is 16.7. The van der Waals surface area contributed by atoms with Crippen LogP contribution in [0.3, 0.4) is 0 Å². The summed E-state index contributed by atoms with van der Waals surface area (Å²) >= 11 is 0. The fourth-order valence-electron chi connectivity index (χ4n) is 6.99. The van der Waals surface area contributed by atoms with Gasteiger partial charge in [0, 0.05) is 37.5 Å². The number of hydrogen-bond acceptors (Lipinski definition) is 8. The van der Waals surface area contributed by atoms with E-state index in [0.717, 1.165) is 44.5 Å². The Morgan fingerprint density at radius 2 is 1.46 bits per heavy atom. The molecule has 0 spiro atoms. The molecule has 1 aliphatic rings. The molecule has 2 amide bonds. The van der Waals surface area contributed by atoms with Gasteiger partial charge in [-0.05, 0) is 65.0 Å². The fraction of sp³-hybridized carbons (Fsp3) is 0.304. The molecule has 5 aromatic rings. The number of rotatable bonds is 15.